The van der Waals surface area contributed by atoms with Crippen LogP contribution in [0.4, 0.5) is 0 Å². The van der Waals surface area contributed by atoms with Crippen molar-refractivity contribution in [2.24, 2.45) is 7.05 Å². The standard InChI is InChI=1S/C9H8N4O2S/c1-13-5-4-10-9(13)16-7-6(8(14)15)2-3-11-12-7/h2-5H,1H3,(H,14,15). The van der Waals surface area contributed by atoms with Crippen LogP contribution in [0.15, 0.2) is 34.8 Å². The van der Waals surface area contributed by atoms with Crippen LogP contribution in [0.1, 0.15) is 10.4 Å². The van der Waals surface area contributed by atoms with Gasteiger partial charge in [-0.1, -0.05) is 0 Å². The molecule has 0 saturated heterocycles. The zero-order valence-electron chi connectivity index (χ0n) is 8.36. The highest BCUT2D eigenvalue weighted by Crippen LogP contribution is 2.26. The van der Waals surface area contributed by atoms with Crippen LogP contribution in [0.3, 0.4) is 0 Å². The van der Waals surface area contributed by atoms with E-state index in [1.807, 2.05) is 7.05 Å². The van der Waals surface area contributed by atoms with Gasteiger partial charge < -0.3 is 9.67 Å². The molecule has 7 heteroatoms. The lowest BCUT2D eigenvalue weighted by Crippen LogP contribution is -2.02. The number of aromatic nitrogens is 4. The molecule has 0 aliphatic rings. The number of carboxylic acid groups (broad SMARTS) is 1. The van der Waals surface area contributed by atoms with Crippen molar-refractivity contribution in [1.82, 2.24) is 19.7 Å². The fourth-order valence-electron chi connectivity index (χ4n) is 1.09. The van der Waals surface area contributed by atoms with Crippen LogP contribution in [-0.2, 0) is 7.05 Å². The molecule has 0 aromatic carbocycles. The molecule has 0 spiro atoms. The van der Waals surface area contributed by atoms with Crippen molar-refractivity contribution in [2.45, 2.75) is 10.2 Å². The molecule has 82 valence electrons. The quantitative estimate of drug-likeness (QED) is 0.858. The summed E-state index contributed by atoms with van der Waals surface area (Å²) < 4.78 is 1.78. The van der Waals surface area contributed by atoms with E-state index < -0.39 is 5.97 Å². The van der Waals surface area contributed by atoms with E-state index >= 15 is 0 Å². The van der Waals surface area contributed by atoms with Crippen molar-refractivity contribution < 1.29 is 9.90 Å². The molecule has 2 heterocycles. The molecule has 0 aliphatic heterocycles. The van der Waals surface area contributed by atoms with Gasteiger partial charge in [-0.25, -0.2) is 9.78 Å². The van der Waals surface area contributed by atoms with Crippen LogP contribution in [0, 0.1) is 0 Å². The summed E-state index contributed by atoms with van der Waals surface area (Å²) in [5.41, 5.74) is 0.128. The number of hydrogen-bond acceptors (Lipinski definition) is 5. The summed E-state index contributed by atoms with van der Waals surface area (Å²) in [6, 6.07) is 1.42. The van der Waals surface area contributed by atoms with Crippen LogP contribution >= 0.6 is 11.8 Å². The maximum Gasteiger partial charge on any atom is 0.338 e. The maximum absolute atomic E-state index is 10.9. The highest BCUT2D eigenvalue weighted by molar-refractivity contribution is 7.99. The van der Waals surface area contributed by atoms with Gasteiger partial charge in [0.2, 0.25) is 0 Å². The van der Waals surface area contributed by atoms with Crippen molar-refractivity contribution >= 4 is 17.7 Å². The number of aromatic carboxylic acids is 1. The third-order valence-electron chi connectivity index (χ3n) is 1.88. The molecule has 0 unspecified atom stereocenters. The Morgan fingerprint density at radius 3 is 2.94 bits per heavy atom. The molecule has 0 bridgehead atoms. The van der Waals surface area contributed by atoms with Gasteiger partial charge >= 0.3 is 5.97 Å². The van der Waals surface area contributed by atoms with E-state index in [0.717, 1.165) is 0 Å². The van der Waals surface area contributed by atoms with Crippen molar-refractivity contribution in [3.05, 3.63) is 30.2 Å². The second kappa shape index (κ2) is 4.31. The van der Waals surface area contributed by atoms with E-state index in [4.69, 9.17) is 5.11 Å². The first-order valence-corrected chi connectivity index (χ1v) is 5.20. The van der Waals surface area contributed by atoms with Crippen LogP contribution in [0.2, 0.25) is 0 Å². The van der Waals surface area contributed by atoms with Crippen LogP contribution in [0.5, 0.6) is 0 Å². The van der Waals surface area contributed by atoms with E-state index in [1.54, 1.807) is 17.0 Å². The van der Waals surface area contributed by atoms with Gasteiger partial charge in [-0.2, -0.15) is 5.10 Å². The van der Waals surface area contributed by atoms with Crippen molar-refractivity contribution in [1.29, 1.82) is 0 Å². The Bertz CT molecular complexity index is 526. The highest BCUT2D eigenvalue weighted by atomic mass is 32.2. The second-order valence-corrected chi connectivity index (χ2v) is 3.93. The Morgan fingerprint density at radius 2 is 2.31 bits per heavy atom. The van der Waals surface area contributed by atoms with Gasteiger partial charge in [0.25, 0.3) is 0 Å². The molecular weight excluding hydrogens is 228 g/mol. The summed E-state index contributed by atoms with van der Waals surface area (Å²) in [7, 11) is 1.83. The molecule has 16 heavy (non-hydrogen) atoms. The summed E-state index contributed by atoms with van der Waals surface area (Å²) in [4.78, 5) is 15.0. The Morgan fingerprint density at radius 1 is 1.50 bits per heavy atom. The minimum atomic E-state index is -1.02. The third-order valence-corrected chi connectivity index (χ3v) is 2.95. The molecular formula is C9H8N4O2S. The van der Waals surface area contributed by atoms with Crippen molar-refractivity contribution in [2.75, 3.05) is 0 Å². The SMILES string of the molecule is Cn1ccnc1Sc1nnccc1C(=O)O. The average Bonchev–Trinajstić information content (AvgIpc) is 2.65. The van der Waals surface area contributed by atoms with Gasteiger partial charge in [0.15, 0.2) is 5.16 Å². The minimum absolute atomic E-state index is 0.128. The number of aryl methyl sites for hydroxylation is 1. The summed E-state index contributed by atoms with van der Waals surface area (Å²) in [6.45, 7) is 0. The lowest BCUT2D eigenvalue weighted by Gasteiger charge is -2.02. The van der Waals surface area contributed by atoms with Gasteiger partial charge in [0, 0.05) is 19.4 Å². The number of carboxylic acids is 1. The molecule has 2 aromatic heterocycles. The first-order valence-electron chi connectivity index (χ1n) is 4.38. The second-order valence-electron chi connectivity index (χ2n) is 2.98. The molecule has 6 nitrogen and oxygen atoms in total. The Labute approximate surface area is 95.3 Å². The Kier molecular flexibility index (Phi) is 2.86. The average molecular weight is 236 g/mol. The third kappa shape index (κ3) is 2.03. The van der Waals surface area contributed by atoms with Crippen LogP contribution < -0.4 is 0 Å². The summed E-state index contributed by atoms with van der Waals surface area (Å²) in [6.07, 6.45) is 4.77. The van der Waals surface area contributed by atoms with Crippen LogP contribution in [0.25, 0.3) is 0 Å². The molecule has 0 atom stereocenters. The fraction of sp³-hybridized carbons (Fsp3) is 0.111. The van der Waals surface area contributed by atoms with E-state index in [9.17, 15) is 4.79 Å². The normalized spacial score (nSPS) is 10.3. The van der Waals surface area contributed by atoms with Crippen LogP contribution in [-0.4, -0.2) is 30.8 Å². The van der Waals surface area contributed by atoms with E-state index in [-0.39, 0.29) is 5.56 Å². The highest BCUT2D eigenvalue weighted by Gasteiger charge is 2.14. The molecule has 2 aromatic rings. The molecule has 2 rings (SSSR count). The maximum atomic E-state index is 10.9. The summed E-state index contributed by atoms with van der Waals surface area (Å²) >= 11 is 1.17. The minimum Gasteiger partial charge on any atom is -0.478 e. The largest absolute Gasteiger partial charge is 0.478 e. The molecule has 0 aliphatic carbocycles. The van der Waals surface area contributed by atoms with Crippen molar-refractivity contribution in [3.8, 4) is 0 Å². The van der Waals surface area contributed by atoms with E-state index in [2.05, 4.69) is 15.2 Å². The topological polar surface area (TPSA) is 80.9 Å². The molecule has 1 N–H and O–H groups in total. The van der Waals surface area contributed by atoms with E-state index in [0.29, 0.717) is 10.2 Å². The predicted molar refractivity (Wildman–Crippen MR) is 56.3 cm³/mol. The van der Waals surface area contributed by atoms with Gasteiger partial charge in [-0.15, -0.1) is 5.10 Å². The number of carbonyl (C=O) groups is 1. The van der Waals surface area contributed by atoms with Gasteiger partial charge in [-0.05, 0) is 17.8 Å². The first-order chi connectivity index (χ1) is 7.68. The Hall–Kier alpha value is -1.89. The zero-order valence-corrected chi connectivity index (χ0v) is 9.18. The molecule has 0 amide bonds. The number of nitrogens with zero attached hydrogens (tertiary/aromatic N) is 4. The smallest absolute Gasteiger partial charge is 0.338 e. The lowest BCUT2D eigenvalue weighted by molar-refractivity contribution is 0.0692. The number of imidazole rings is 1. The lowest BCUT2D eigenvalue weighted by atomic mass is 10.3. The fourth-order valence-corrected chi connectivity index (χ4v) is 1.94. The van der Waals surface area contributed by atoms with Gasteiger partial charge in [0.05, 0.1) is 11.8 Å². The zero-order chi connectivity index (χ0) is 11.5. The van der Waals surface area contributed by atoms with Gasteiger partial charge in [-0.3, -0.25) is 0 Å². The summed E-state index contributed by atoms with van der Waals surface area (Å²) in [5.74, 6) is -1.02. The first kappa shape index (κ1) is 10.6. The Balaban J connectivity index is 2.35. The molecule has 0 fully saturated rings. The number of rotatable bonds is 3. The molecule has 0 radical (unpaired) electrons. The predicted octanol–water partition coefficient (Wildman–Crippen LogP) is 1.06. The van der Waals surface area contributed by atoms with E-state index in [1.165, 1.54) is 24.0 Å². The molecule has 0 saturated carbocycles. The number of hydrogen-bond donors (Lipinski definition) is 1. The van der Waals surface area contributed by atoms with Crippen molar-refractivity contribution in [3.63, 3.8) is 0 Å². The van der Waals surface area contributed by atoms with Gasteiger partial charge in [0.1, 0.15) is 5.03 Å². The monoisotopic (exact) mass is 236 g/mol. The summed E-state index contributed by atoms with van der Waals surface area (Å²) in [5, 5.41) is 17.4.